The predicted octanol–water partition coefficient (Wildman–Crippen LogP) is 1.82. The summed E-state index contributed by atoms with van der Waals surface area (Å²) in [6, 6.07) is 10.4. The van der Waals surface area contributed by atoms with Crippen LogP contribution in [0.5, 0.6) is 0 Å². The molecule has 0 bridgehead atoms. The molecule has 5 heteroatoms. The average Bonchev–Trinajstić information content (AvgIpc) is 2.86. The molecule has 4 nitrogen and oxygen atoms in total. The second-order valence-electron chi connectivity index (χ2n) is 4.75. The molecular weight excluding hydrogens is 243 g/mol. The van der Waals surface area contributed by atoms with E-state index >= 15 is 0 Å². The van der Waals surface area contributed by atoms with Gasteiger partial charge in [-0.15, -0.1) is 10.2 Å². The first-order chi connectivity index (χ1) is 9.24. The first kappa shape index (κ1) is 12.0. The fraction of sp³-hybridized carbons (Fsp3) is 0.286. The van der Waals surface area contributed by atoms with E-state index in [0.29, 0.717) is 11.3 Å². The van der Waals surface area contributed by atoms with Crippen molar-refractivity contribution in [3.63, 3.8) is 0 Å². The molecule has 0 radical (unpaired) electrons. The van der Waals surface area contributed by atoms with E-state index in [1.165, 1.54) is 6.07 Å². The van der Waals surface area contributed by atoms with E-state index < -0.39 is 0 Å². The lowest BCUT2D eigenvalue weighted by Crippen LogP contribution is -2.27. The molecule has 0 saturated carbocycles. The number of anilines is 1. The van der Waals surface area contributed by atoms with E-state index in [4.69, 9.17) is 5.73 Å². The van der Waals surface area contributed by atoms with Crippen molar-refractivity contribution in [2.75, 3.05) is 18.0 Å². The van der Waals surface area contributed by atoms with Gasteiger partial charge in [0.15, 0.2) is 5.82 Å². The number of halogens is 1. The number of hydrogen-bond acceptors (Lipinski definition) is 4. The van der Waals surface area contributed by atoms with E-state index in [1.54, 1.807) is 24.3 Å². The van der Waals surface area contributed by atoms with Crippen molar-refractivity contribution < 1.29 is 4.39 Å². The van der Waals surface area contributed by atoms with Crippen molar-refractivity contribution in [1.29, 1.82) is 0 Å². The highest BCUT2D eigenvalue weighted by Gasteiger charge is 2.20. The maximum absolute atomic E-state index is 13.6. The third-order valence-electron chi connectivity index (χ3n) is 3.35. The summed E-state index contributed by atoms with van der Waals surface area (Å²) in [5, 5.41) is 8.27. The van der Waals surface area contributed by atoms with Gasteiger partial charge in [-0.05, 0) is 30.7 Å². The van der Waals surface area contributed by atoms with E-state index in [9.17, 15) is 4.39 Å². The zero-order valence-electron chi connectivity index (χ0n) is 10.5. The number of nitrogens with zero attached hydrogens (tertiary/aromatic N) is 3. The van der Waals surface area contributed by atoms with Crippen LogP contribution in [0.25, 0.3) is 11.3 Å². The van der Waals surface area contributed by atoms with Gasteiger partial charge in [0, 0.05) is 24.7 Å². The summed E-state index contributed by atoms with van der Waals surface area (Å²) in [6.45, 7) is 1.70. The van der Waals surface area contributed by atoms with Crippen LogP contribution in [0.15, 0.2) is 36.4 Å². The lowest BCUT2D eigenvalue weighted by molar-refractivity contribution is 0.630. The van der Waals surface area contributed by atoms with Crippen molar-refractivity contribution in [2.24, 2.45) is 5.73 Å². The molecule has 2 N–H and O–H groups in total. The van der Waals surface area contributed by atoms with Crippen LogP contribution in [0.2, 0.25) is 0 Å². The molecule has 1 fully saturated rings. The number of hydrogen-bond donors (Lipinski definition) is 1. The Labute approximate surface area is 111 Å². The number of benzene rings is 1. The molecule has 1 aromatic heterocycles. The van der Waals surface area contributed by atoms with Crippen molar-refractivity contribution in [1.82, 2.24) is 10.2 Å². The van der Waals surface area contributed by atoms with Crippen LogP contribution in [0, 0.1) is 5.82 Å². The number of rotatable bonds is 2. The molecule has 19 heavy (non-hydrogen) atoms. The molecular formula is C14H15FN4. The molecule has 0 spiro atoms. The lowest BCUT2D eigenvalue weighted by atomic mass is 10.1. The van der Waals surface area contributed by atoms with Crippen molar-refractivity contribution in [3.8, 4) is 11.3 Å². The largest absolute Gasteiger partial charge is 0.354 e. The van der Waals surface area contributed by atoms with Gasteiger partial charge in [-0.3, -0.25) is 0 Å². The van der Waals surface area contributed by atoms with E-state index in [-0.39, 0.29) is 11.9 Å². The van der Waals surface area contributed by atoms with Crippen molar-refractivity contribution in [3.05, 3.63) is 42.2 Å². The van der Waals surface area contributed by atoms with E-state index in [2.05, 4.69) is 15.1 Å². The topological polar surface area (TPSA) is 55.0 Å². The summed E-state index contributed by atoms with van der Waals surface area (Å²) in [6.07, 6.45) is 0.969. The van der Waals surface area contributed by atoms with Gasteiger partial charge in [-0.25, -0.2) is 4.39 Å². The van der Waals surface area contributed by atoms with Gasteiger partial charge in [-0.2, -0.15) is 0 Å². The lowest BCUT2D eigenvalue weighted by Gasteiger charge is -2.15. The maximum Gasteiger partial charge on any atom is 0.151 e. The highest BCUT2D eigenvalue weighted by atomic mass is 19.1. The highest BCUT2D eigenvalue weighted by molar-refractivity contribution is 5.60. The van der Waals surface area contributed by atoms with Crippen LogP contribution >= 0.6 is 0 Å². The molecule has 1 aliphatic heterocycles. The van der Waals surface area contributed by atoms with Gasteiger partial charge in [-0.1, -0.05) is 12.1 Å². The standard InChI is InChI=1S/C14H15FN4/c15-12-4-2-1-3-11(12)13-5-6-14(18-17-13)19-8-7-10(16)9-19/h1-6,10H,7-9,16H2/t10-/m0/s1. The monoisotopic (exact) mass is 258 g/mol. The Kier molecular flexibility index (Phi) is 3.13. The molecule has 0 aliphatic carbocycles. The van der Waals surface area contributed by atoms with Gasteiger partial charge >= 0.3 is 0 Å². The molecule has 0 unspecified atom stereocenters. The first-order valence-electron chi connectivity index (χ1n) is 6.33. The van der Waals surface area contributed by atoms with Crippen molar-refractivity contribution in [2.45, 2.75) is 12.5 Å². The second-order valence-corrected chi connectivity index (χ2v) is 4.75. The van der Waals surface area contributed by atoms with Crippen LogP contribution in [-0.4, -0.2) is 29.3 Å². The Morgan fingerprint density at radius 3 is 2.63 bits per heavy atom. The summed E-state index contributed by atoms with van der Waals surface area (Å²) >= 11 is 0. The summed E-state index contributed by atoms with van der Waals surface area (Å²) in [4.78, 5) is 2.10. The molecule has 98 valence electrons. The van der Waals surface area contributed by atoms with Gasteiger partial charge in [0.25, 0.3) is 0 Å². The molecule has 1 saturated heterocycles. The molecule has 1 aliphatic rings. The SMILES string of the molecule is N[C@H]1CCN(c2ccc(-c3ccccc3F)nn2)C1. The molecule has 2 aromatic rings. The Bertz CT molecular complexity index is 570. The van der Waals surface area contributed by atoms with Gasteiger partial charge < -0.3 is 10.6 Å². The van der Waals surface area contributed by atoms with E-state index in [0.717, 1.165) is 25.3 Å². The predicted molar refractivity (Wildman–Crippen MR) is 72.2 cm³/mol. The van der Waals surface area contributed by atoms with Gasteiger partial charge in [0.2, 0.25) is 0 Å². The van der Waals surface area contributed by atoms with E-state index in [1.807, 2.05) is 6.07 Å². The maximum atomic E-state index is 13.6. The Morgan fingerprint density at radius 2 is 2.00 bits per heavy atom. The van der Waals surface area contributed by atoms with Crippen LogP contribution < -0.4 is 10.6 Å². The zero-order valence-corrected chi connectivity index (χ0v) is 10.5. The minimum absolute atomic E-state index is 0.202. The fourth-order valence-electron chi connectivity index (χ4n) is 2.30. The average molecular weight is 258 g/mol. The third-order valence-corrected chi connectivity index (χ3v) is 3.35. The van der Waals surface area contributed by atoms with Crippen molar-refractivity contribution >= 4 is 5.82 Å². The molecule has 2 heterocycles. The Morgan fingerprint density at radius 1 is 1.16 bits per heavy atom. The van der Waals surface area contributed by atoms with Crippen LogP contribution in [-0.2, 0) is 0 Å². The smallest absolute Gasteiger partial charge is 0.151 e. The molecule has 1 atom stereocenters. The second kappa shape index (κ2) is 4.93. The quantitative estimate of drug-likeness (QED) is 0.892. The number of nitrogens with two attached hydrogens (primary N) is 1. The Balaban J connectivity index is 1.85. The number of aromatic nitrogens is 2. The highest BCUT2D eigenvalue weighted by Crippen LogP contribution is 2.22. The minimum Gasteiger partial charge on any atom is -0.354 e. The summed E-state index contributed by atoms with van der Waals surface area (Å²) < 4.78 is 13.6. The summed E-state index contributed by atoms with van der Waals surface area (Å²) in [5.74, 6) is 0.515. The molecule has 3 rings (SSSR count). The van der Waals surface area contributed by atoms with Gasteiger partial charge in [0.05, 0.1) is 5.69 Å². The Hall–Kier alpha value is -2.01. The van der Waals surface area contributed by atoms with Crippen LogP contribution in [0.1, 0.15) is 6.42 Å². The fourth-order valence-corrected chi connectivity index (χ4v) is 2.30. The summed E-state index contributed by atoms with van der Waals surface area (Å²) in [7, 11) is 0. The normalized spacial score (nSPS) is 18.8. The third kappa shape index (κ3) is 2.42. The molecule has 0 amide bonds. The first-order valence-corrected chi connectivity index (χ1v) is 6.33. The zero-order chi connectivity index (χ0) is 13.2. The van der Waals surface area contributed by atoms with Crippen LogP contribution in [0.4, 0.5) is 10.2 Å². The summed E-state index contributed by atoms with van der Waals surface area (Å²) in [5.41, 5.74) is 6.88. The van der Waals surface area contributed by atoms with Gasteiger partial charge in [0.1, 0.15) is 5.82 Å². The minimum atomic E-state index is -0.284. The molecule has 1 aromatic carbocycles. The van der Waals surface area contributed by atoms with Crippen LogP contribution in [0.3, 0.4) is 0 Å².